The van der Waals surface area contributed by atoms with E-state index < -0.39 is 0 Å². The van der Waals surface area contributed by atoms with Crippen LogP contribution in [-0.2, 0) is 0 Å². The van der Waals surface area contributed by atoms with Gasteiger partial charge in [-0.3, -0.25) is 0 Å². The highest BCUT2D eigenvalue weighted by Crippen LogP contribution is 2.44. The van der Waals surface area contributed by atoms with E-state index in [1.165, 1.54) is 15.5 Å². The summed E-state index contributed by atoms with van der Waals surface area (Å²) in [5, 5.41) is 7.69. The molecule has 0 atom stereocenters. The van der Waals surface area contributed by atoms with Gasteiger partial charge in [0, 0.05) is 54.4 Å². The summed E-state index contributed by atoms with van der Waals surface area (Å²) >= 11 is 1.76. The molecule has 11 rings (SSSR count). The summed E-state index contributed by atoms with van der Waals surface area (Å²) < 4.78 is 8.99. The maximum Gasteiger partial charge on any atom is 0.161 e. The van der Waals surface area contributed by atoms with E-state index in [4.69, 9.17) is 14.4 Å². The third kappa shape index (κ3) is 4.82. The normalized spacial score (nSPS) is 11.8. The number of para-hydroxylation sites is 2. The molecule has 0 fully saturated rings. The molecule has 0 aliphatic carbocycles. The van der Waals surface area contributed by atoms with Crippen molar-refractivity contribution in [2.75, 3.05) is 4.90 Å². The third-order valence-corrected chi connectivity index (χ3v) is 11.4. The first-order chi connectivity index (χ1) is 26.3. The van der Waals surface area contributed by atoms with Crippen LogP contribution in [-0.4, -0.2) is 9.97 Å². The van der Waals surface area contributed by atoms with Gasteiger partial charge in [-0.2, -0.15) is 0 Å². The second-order valence-electron chi connectivity index (χ2n) is 13.4. The molecule has 248 valence electrons. The average molecular weight is 696 g/mol. The molecule has 0 saturated heterocycles. The number of fused-ring (bicyclic) bond motifs is 9. The van der Waals surface area contributed by atoms with Crippen molar-refractivity contribution >= 4 is 92.2 Å². The summed E-state index contributed by atoms with van der Waals surface area (Å²) in [4.78, 5) is 13.1. The second-order valence-corrected chi connectivity index (χ2v) is 14.4. The summed E-state index contributed by atoms with van der Waals surface area (Å²) in [6.45, 7) is 0. The van der Waals surface area contributed by atoms with E-state index in [2.05, 4.69) is 181 Å². The van der Waals surface area contributed by atoms with Crippen LogP contribution in [0.2, 0.25) is 0 Å². The van der Waals surface area contributed by atoms with Gasteiger partial charge < -0.3 is 9.32 Å². The van der Waals surface area contributed by atoms with Crippen molar-refractivity contribution in [2.45, 2.75) is 0 Å². The van der Waals surface area contributed by atoms with Crippen LogP contribution in [0.3, 0.4) is 0 Å². The van der Waals surface area contributed by atoms with Crippen molar-refractivity contribution in [3.05, 3.63) is 176 Å². The molecule has 0 spiro atoms. The van der Waals surface area contributed by atoms with Crippen molar-refractivity contribution in [2.24, 2.45) is 0 Å². The lowest BCUT2D eigenvalue weighted by Crippen LogP contribution is -2.09. The quantitative estimate of drug-likeness (QED) is 0.180. The third-order valence-electron chi connectivity index (χ3n) is 10.2. The molecule has 8 aromatic carbocycles. The van der Waals surface area contributed by atoms with Crippen molar-refractivity contribution in [3.63, 3.8) is 0 Å². The minimum Gasteiger partial charge on any atom is -0.455 e. The first-order valence-corrected chi connectivity index (χ1v) is 18.6. The number of thiophene rings is 1. The number of anilines is 3. The summed E-state index contributed by atoms with van der Waals surface area (Å²) in [7, 11) is 0. The lowest BCUT2D eigenvalue weighted by Gasteiger charge is -2.25. The molecule has 0 N–H and O–H groups in total. The molecule has 53 heavy (non-hydrogen) atoms. The molecule has 3 heterocycles. The highest BCUT2D eigenvalue weighted by atomic mass is 32.1. The molecule has 3 aromatic heterocycles. The Labute approximate surface area is 308 Å². The highest BCUT2D eigenvalue weighted by molar-refractivity contribution is 7.26. The summed E-state index contributed by atoms with van der Waals surface area (Å²) in [6.07, 6.45) is 0. The lowest BCUT2D eigenvalue weighted by atomic mass is 9.99. The topological polar surface area (TPSA) is 42.2 Å². The fourth-order valence-electron chi connectivity index (χ4n) is 7.76. The van der Waals surface area contributed by atoms with Crippen LogP contribution in [0.4, 0.5) is 17.1 Å². The Morgan fingerprint density at radius 2 is 1.15 bits per heavy atom. The first-order valence-electron chi connectivity index (χ1n) is 17.7. The van der Waals surface area contributed by atoms with Crippen molar-refractivity contribution in [1.29, 1.82) is 0 Å². The Bertz CT molecular complexity index is 3150. The number of benzene rings is 8. The fourth-order valence-corrected chi connectivity index (χ4v) is 8.91. The van der Waals surface area contributed by atoms with Gasteiger partial charge in [0.1, 0.15) is 11.2 Å². The van der Waals surface area contributed by atoms with E-state index >= 15 is 0 Å². The fraction of sp³-hybridized carbons (Fsp3) is 0. The molecule has 0 radical (unpaired) electrons. The van der Waals surface area contributed by atoms with Gasteiger partial charge in [0.25, 0.3) is 0 Å². The Balaban J connectivity index is 1.18. The summed E-state index contributed by atoms with van der Waals surface area (Å²) in [6, 6.07) is 61.8. The monoisotopic (exact) mass is 695 g/mol. The molecular formula is C48H29N3OS. The van der Waals surface area contributed by atoms with Crippen LogP contribution in [0.15, 0.2) is 180 Å². The molecule has 11 aromatic rings. The molecule has 4 nitrogen and oxygen atoms in total. The average Bonchev–Trinajstić information content (AvgIpc) is 3.79. The van der Waals surface area contributed by atoms with E-state index in [0.29, 0.717) is 5.82 Å². The van der Waals surface area contributed by atoms with Crippen molar-refractivity contribution in [3.8, 4) is 22.6 Å². The maximum absolute atomic E-state index is 6.69. The Hall–Kier alpha value is -6.82. The van der Waals surface area contributed by atoms with Gasteiger partial charge in [0.15, 0.2) is 5.82 Å². The number of rotatable bonds is 5. The lowest BCUT2D eigenvalue weighted by molar-refractivity contribution is 0.672. The minimum absolute atomic E-state index is 0.697. The van der Waals surface area contributed by atoms with E-state index in [-0.39, 0.29) is 0 Å². The number of nitrogens with zero attached hydrogens (tertiary/aromatic N) is 3. The van der Waals surface area contributed by atoms with Crippen LogP contribution in [0.5, 0.6) is 0 Å². The zero-order valence-corrected chi connectivity index (χ0v) is 29.2. The Morgan fingerprint density at radius 1 is 0.472 bits per heavy atom. The predicted molar refractivity (Wildman–Crippen MR) is 223 cm³/mol. The molecule has 0 saturated carbocycles. The van der Waals surface area contributed by atoms with Gasteiger partial charge in [0.05, 0.1) is 15.9 Å². The summed E-state index contributed by atoms with van der Waals surface area (Å²) in [5.41, 5.74) is 8.89. The van der Waals surface area contributed by atoms with Gasteiger partial charge in [-0.15, -0.1) is 11.3 Å². The SMILES string of the molecule is c1ccc(N(c2ccccc2)c2ccc3oc4c5ccccc5c(-c5nc(-c6ccc7ccccc7c6)c6sc7ccccc7c6n5)cc4c3c2)cc1. The second kappa shape index (κ2) is 11.9. The zero-order valence-electron chi connectivity index (χ0n) is 28.4. The Kier molecular flexibility index (Phi) is 6.69. The van der Waals surface area contributed by atoms with Crippen molar-refractivity contribution in [1.82, 2.24) is 9.97 Å². The maximum atomic E-state index is 6.69. The smallest absolute Gasteiger partial charge is 0.161 e. The zero-order chi connectivity index (χ0) is 34.9. The molecule has 0 unspecified atom stereocenters. The van der Waals surface area contributed by atoms with E-state index in [1.54, 1.807) is 11.3 Å². The molecular weight excluding hydrogens is 667 g/mol. The van der Waals surface area contributed by atoms with E-state index in [1.807, 2.05) is 0 Å². The largest absolute Gasteiger partial charge is 0.455 e. The van der Waals surface area contributed by atoms with Gasteiger partial charge in [-0.25, -0.2) is 9.97 Å². The van der Waals surface area contributed by atoms with Crippen LogP contribution in [0.25, 0.3) is 86.4 Å². The van der Waals surface area contributed by atoms with Crippen LogP contribution >= 0.6 is 11.3 Å². The molecule has 0 amide bonds. The van der Waals surface area contributed by atoms with Gasteiger partial charge in [-0.1, -0.05) is 115 Å². The standard InChI is InChI=1S/C48H29N3OS/c1-3-15-33(16-4-1)51(34-17-5-2-6-18-34)35-25-26-42-39(28-35)40-29-41(36-19-9-10-20-37(36)46(40)52-42)48-49-44(32-24-23-30-13-7-8-14-31(30)27-32)47-45(50-48)38-21-11-12-22-43(38)53-47/h1-29H. The Morgan fingerprint density at radius 3 is 1.94 bits per heavy atom. The number of aromatic nitrogens is 2. The predicted octanol–water partition coefficient (Wildman–Crippen LogP) is 13.9. The van der Waals surface area contributed by atoms with E-state index in [0.717, 1.165) is 82.2 Å². The first kappa shape index (κ1) is 29.9. The van der Waals surface area contributed by atoms with Gasteiger partial charge >= 0.3 is 0 Å². The van der Waals surface area contributed by atoms with E-state index in [9.17, 15) is 0 Å². The number of hydrogen-bond acceptors (Lipinski definition) is 5. The summed E-state index contributed by atoms with van der Waals surface area (Å²) in [5.74, 6) is 0.697. The molecule has 5 heteroatoms. The molecule has 0 bridgehead atoms. The number of hydrogen-bond donors (Lipinski definition) is 0. The molecule has 0 aliphatic heterocycles. The van der Waals surface area contributed by atoms with Gasteiger partial charge in [0.2, 0.25) is 0 Å². The highest BCUT2D eigenvalue weighted by Gasteiger charge is 2.22. The van der Waals surface area contributed by atoms with Crippen molar-refractivity contribution < 1.29 is 4.42 Å². The van der Waals surface area contributed by atoms with Crippen LogP contribution in [0.1, 0.15) is 0 Å². The van der Waals surface area contributed by atoms with Gasteiger partial charge in [-0.05, 0) is 76.8 Å². The molecule has 0 aliphatic rings. The van der Waals surface area contributed by atoms with Crippen LogP contribution < -0.4 is 4.90 Å². The number of furan rings is 1. The minimum atomic E-state index is 0.697. The van der Waals surface area contributed by atoms with Crippen LogP contribution in [0, 0.1) is 0 Å².